The Kier molecular flexibility index (Phi) is 9.19. The molecule has 222 valence electrons. The summed E-state index contributed by atoms with van der Waals surface area (Å²) in [4.78, 5) is 47.4. The molecule has 13 heteroatoms. The Morgan fingerprint density at radius 1 is 0.976 bits per heavy atom. The zero-order valence-corrected chi connectivity index (χ0v) is 25.1. The van der Waals surface area contributed by atoms with Crippen LogP contribution in [0, 0.1) is 0 Å². The van der Waals surface area contributed by atoms with Gasteiger partial charge in [-0.15, -0.1) is 0 Å². The minimum absolute atomic E-state index is 0.114. The first-order chi connectivity index (χ1) is 19.6. The number of carbonyl (C=O) groups excluding carboxylic acids is 2. The number of aryl methyl sites for hydroxylation is 1. The number of urea groups is 1. The second kappa shape index (κ2) is 12.5. The van der Waals surface area contributed by atoms with E-state index in [2.05, 4.69) is 26.9 Å². The molecule has 0 unspecified atom stereocenters. The van der Waals surface area contributed by atoms with Gasteiger partial charge in [0.05, 0.1) is 16.9 Å². The lowest BCUT2D eigenvalue weighted by molar-refractivity contribution is -0.121. The highest BCUT2D eigenvalue weighted by Crippen LogP contribution is 2.44. The summed E-state index contributed by atoms with van der Waals surface area (Å²) in [5.74, 6) is 0.114. The molecule has 0 bridgehead atoms. The van der Waals surface area contributed by atoms with Crippen LogP contribution < -0.4 is 25.8 Å². The first-order valence-electron chi connectivity index (χ1n) is 14.0. The van der Waals surface area contributed by atoms with Gasteiger partial charge in [0.25, 0.3) is 0 Å². The van der Waals surface area contributed by atoms with Gasteiger partial charge in [0.2, 0.25) is 5.91 Å². The number of carbonyl (C=O) groups is 2. The summed E-state index contributed by atoms with van der Waals surface area (Å²) < 4.78 is 10.8. The average Bonchev–Trinajstić information content (AvgIpc) is 3.87. The van der Waals surface area contributed by atoms with Crippen molar-refractivity contribution in [3.05, 3.63) is 57.6 Å². The molecule has 2 aromatic rings. The molecular formula is C28H36Cl2N5O5P. The highest BCUT2D eigenvalue weighted by Gasteiger charge is 2.52. The Hall–Kier alpha value is -2.33. The zero-order chi connectivity index (χ0) is 29.2. The maximum Gasteiger partial charge on any atom is 0.344 e. The Labute approximate surface area is 249 Å². The molecule has 0 saturated heterocycles. The van der Waals surface area contributed by atoms with Crippen LogP contribution in [0.25, 0.3) is 0 Å². The predicted molar refractivity (Wildman–Crippen MR) is 161 cm³/mol. The van der Waals surface area contributed by atoms with Gasteiger partial charge in [-0.1, -0.05) is 35.3 Å². The van der Waals surface area contributed by atoms with E-state index in [0.717, 1.165) is 48.3 Å². The lowest BCUT2D eigenvalue weighted by Gasteiger charge is -2.39. The van der Waals surface area contributed by atoms with Crippen molar-refractivity contribution in [1.82, 2.24) is 16.0 Å². The van der Waals surface area contributed by atoms with Crippen LogP contribution in [0.2, 0.25) is 10.0 Å². The highest BCUT2D eigenvalue weighted by atomic mass is 35.5. The molecule has 2 aromatic carbocycles. The van der Waals surface area contributed by atoms with E-state index < -0.39 is 25.5 Å². The van der Waals surface area contributed by atoms with Gasteiger partial charge in [0, 0.05) is 42.3 Å². The van der Waals surface area contributed by atoms with Gasteiger partial charge in [-0.2, -0.15) is 0 Å². The summed E-state index contributed by atoms with van der Waals surface area (Å²) >= 11 is 13.2. The molecular weight excluding hydrogens is 588 g/mol. The molecule has 1 heterocycles. The highest BCUT2D eigenvalue weighted by molar-refractivity contribution is 7.51. The van der Waals surface area contributed by atoms with Crippen molar-refractivity contribution in [3.63, 3.8) is 0 Å². The van der Waals surface area contributed by atoms with Crippen molar-refractivity contribution in [2.45, 2.75) is 63.1 Å². The molecule has 2 aliphatic carbocycles. The number of nitrogens with one attached hydrogen (secondary N) is 3. The van der Waals surface area contributed by atoms with E-state index in [1.807, 2.05) is 35.2 Å². The normalized spacial score (nSPS) is 17.7. The summed E-state index contributed by atoms with van der Waals surface area (Å²) in [5, 5.41) is 9.38. The van der Waals surface area contributed by atoms with Gasteiger partial charge in [-0.3, -0.25) is 14.7 Å². The topological polar surface area (TPSA) is 134 Å². The molecule has 0 aromatic heterocycles. The monoisotopic (exact) mass is 623 g/mol. The first-order valence-corrected chi connectivity index (χ1v) is 16.6. The predicted octanol–water partition coefficient (Wildman–Crippen LogP) is 4.39. The smallest absolute Gasteiger partial charge is 0.344 e. The summed E-state index contributed by atoms with van der Waals surface area (Å²) in [6.45, 7) is 2.33. The number of amides is 3. The summed E-state index contributed by atoms with van der Waals surface area (Å²) in [6.07, 6.45) is 5.35. The number of rotatable bonds is 12. The molecule has 41 heavy (non-hydrogen) atoms. The van der Waals surface area contributed by atoms with E-state index in [1.165, 1.54) is 12.8 Å². The largest absolute Gasteiger partial charge is 0.365 e. The number of nitrogens with zero attached hydrogens (tertiary/aromatic N) is 2. The van der Waals surface area contributed by atoms with Crippen LogP contribution in [0.5, 0.6) is 0 Å². The lowest BCUT2D eigenvalue weighted by atomic mass is 10.0. The fourth-order valence-electron chi connectivity index (χ4n) is 5.31. The van der Waals surface area contributed by atoms with Crippen LogP contribution in [0.3, 0.4) is 0 Å². The molecule has 1 aliphatic heterocycles. The van der Waals surface area contributed by atoms with Crippen molar-refractivity contribution < 1.29 is 23.9 Å². The molecule has 2 saturated carbocycles. The number of benzene rings is 2. The maximum absolute atomic E-state index is 13.8. The number of hydrogen-bond acceptors (Lipinski definition) is 5. The van der Waals surface area contributed by atoms with Crippen molar-refractivity contribution in [2.75, 3.05) is 35.7 Å². The van der Waals surface area contributed by atoms with E-state index in [0.29, 0.717) is 48.6 Å². The third-order valence-corrected chi connectivity index (χ3v) is 9.15. The third-order valence-electron chi connectivity index (χ3n) is 7.88. The van der Waals surface area contributed by atoms with Gasteiger partial charge in [-0.25, -0.2) is 4.79 Å². The Morgan fingerprint density at radius 2 is 1.66 bits per heavy atom. The number of hydrogen-bond donors (Lipinski definition) is 5. The average molecular weight is 625 g/mol. The molecule has 10 nitrogen and oxygen atoms in total. The maximum atomic E-state index is 13.8. The SMILES string of the molecule is O=C(NCCCCc1cc(Cl)c(CNC2(C(=O)N3CCN(C4CC4)c4ccccc43)CC2)cc1Cl)NCP(=O)(O)O. The first kappa shape index (κ1) is 30.1. The lowest BCUT2D eigenvalue weighted by Crippen LogP contribution is -2.53. The number of para-hydroxylation sites is 2. The van der Waals surface area contributed by atoms with Gasteiger partial charge in [0.15, 0.2) is 0 Å². The zero-order valence-electron chi connectivity index (χ0n) is 22.7. The van der Waals surface area contributed by atoms with E-state index in [4.69, 9.17) is 33.0 Å². The summed E-state index contributed by atoms with van der Waals surface area (Å²) in [5.41, 5.74) is 3.28. The molecule has 0 radical (unpaired) electrons. The molecule has 3 amide bonds. The van der Waals surface area contributed by atoms with Crippen LogP contribution in [0.4, 0.5) is 16.2 Å². The van der Waals surface area contributed by atoms with E-state index in [1.54, 1.807) is 0 Å². The van der Waals surface area contributed by atoms with Crippen LogP contribution in [0.15, 0.2) is 36.4 Å². The third kappa shape index (κ3) is 7.55. The fraction of sp³-hybridized carbons (Fsp3) is 0.500. The molecule has 3 aliphatic rings. The molecule has 0 spiro atoms. The molecule has 5 rings (SSSR count). The van der Waals surface area contributed by atoms with E-state index >= 15 is 0 Å². The van der Waals surface area contributed by atoms with Crippen LogP contribution in [0.1, 0.15) is 49.7 Å². The number of unbranched alkanes of at least 4 members (excludes halogenated alkanes) is 1. The number of fused-ring (bicyclic) bond motifs is 1. The Balaban J connectivity index is 1.12. The minimum Gasteiger partial charge on any atom is -0.365 e. The Morgan fingerprint density at radius 3 is 2.34 bits per heavy atom. The van der Waals surface area contributed by atoms with Gasteiger partial charge in [-0.05, 0) is 80.3 Å². The van der Waals surface area contributed by atoms with Gasteiger partial charge in [0.1, 0.15) is 6.29 Å². The molecule has 5 N–H and O–H groups in total. The van der Waals surface area contributed by atoms with Crippen LogP contribution in [-0.4, -0.2) is 59.2 Å². The van der Waals surface area contributed by atoms with Gasteiger partial charge >= 0.3 is 13.6 Å². The van der Waals surface area contributed by atoms with Gasteiger partial charge < -0.3 is 30.2 Å². The van der Waals surface area contributed by atoms with E-state index in [-0.39, 0.29) is 5.91 Å². The summed E-state index contributed by atoms with van der Waals surface area (Å²) in [7, 11) is -4.28. The quantitative estimate of drug-likeness (QED) is 0.175. The van der Waals surface area contributed by atoms with Crippen molar-refractivity contribution in [2.24, 2.45) is 0 Å². The summed E-state index contributed by atoms with van der Waals surface area (Å²) in [6, 6.07) is 11.9. The second-order valence-corrected chi connectivity index (χ2v) is 13.5. The van der Waals surface area contributed by atoms with Crippen molar-refractivity contribution in [3.8, 4) is 0 Å². The van der Waals surface area contributed by atoms with Crippen molar-refractivity contribution >= 4 is 54.1 Å². The number of halogens is 2. The standard InChI is InChI=1S/C28H36Cl2N5O5P/c29-22-16-20(23(30)15-19(22)5-3-4-12-31-27(37)32-18-41(38,39)40)17-33-28(10-11-28)26(36)35-14-13-34(21-8-9-21)24-6-1-2-7-25(24)35/h1-2,6-7,15-16,21,33H,3-5,8-14,17-18H2,(H2,31,32,37)(H2,38,39,40). The fourth-order valence-corrected chi connectivity index (χ4v) is 6.19. The Bertz CT molecular complexity index is 1350. The minimum atomic E-state index is -4.28. The van der Waals surface area contributed by atoms with Crippen LogP contribution in [-0.2, 0) is 22.3 Å². The van der Waals surface area contributed by atoms with Crippen molar-refractivity contribution in [1.29, 1.82) is 0 Å². The van der Waals surface area contributed by atoms with Crippen LogP contribution >= 0.6 is 30.8 Å². The molecule has 0 atom stereocenters. The number of anilines is 2. The van der Waals surface area contributed by atoms with E-state index in [9.17, 15) is 14.2 Å². The second-order valence-electron chi connectivity index (χ2n) is 11.1. The molecule has 2 fully saturated rings.